The lowest BCUT2D eigenvalue weighted by Crippen LogP contribution is -2.09. The van der Waals surface area contributed by atoms with Gasteiger partial charge < -0.3 is 4.74 Å². The van der Waals surface area contributed by atoms with Crippen molar-refractivity contribution in [2.75, 3.05) is 7.11 Å². The van der Waals surface area contributed by atoms with Gasteiger partial charge in [-0.25, -0.2) is 4.98 Å². The second-order valence-corrected chi connectivity index (χ2v) is 4.71. The van der Waals surface area contributed by atoms with E-state index in [-0.39, 0.29) is 22.0 Å². The predicted octanol–water partition coefficient (Wildman–Crippen LogP) is 5.08. The monoisotopic (exact) mass is 321 g/mol. The van der Waals surface area contributed by atoms with E-state index in [4.69, 9.17) is 27.9 Å². The van der Waals surface area contributed by atoms with E-state index in [0.717, 1.165) is 6.07 Å². The Kier molecular flexibility index (Phi) is 4.11. The van der Waals surface area contributed by atoms with E-state index < -0.39 is 11.9 Å². The normalized spacial score (nSPS) is 11.5. The molecule has 0 saturated heterocycles. The van der Waals surface area contributed by atoms with Crippen molar-refractivity contribution < 1.29 is 17.9 Å². The highest BCUT2D eigenvalue weighted by atomic mass is 35.5. The molecule has 0 aliphatic carbocycles. The van der Waals surface area contributed by atoms with Crippen molar-refractivity contribution in [3.63, 3.8) is 0 Å². The number of rotatable bonds is 2. The molecule has 2 aromatic rings. The summed E-state index contributed by atoms with van der Waals surface area (Å²) in [6, 6.07) is 6.51. The average Bonchev–Trinajstić information content (AvgIpc) is 2.40. The summed E-state index contributed by atoms with van der Waals surface area (Å²) in [4.78, 5) is 3.59. The summed E-state index contributed by atoms with van der Waals surface area (Å²) in [6.45, 7) is 0. The Labute approximate surface area is 123 Å². The van der Waals surface area contributed by atoms with Gasteiger partial charge in [0.15, 0.2) is 0 Å². The zero-order chi connectivity index (χ0) is 14.9. The molecular formula is C13H8Cl2F3NO. The Hall–Kier alpha value is -1.46. The van der Waals surface area contributed by atoms with Crippen molar-refractivity contribution in [3.8, 4) is 17.0 Å². The van der Waals surface area contributed by atoms with Gasteiger partial charge in [0.05, 0.1) is 12.1 Å². The number of alkyl halides is 3. The molecule has 1 heterocycles. The minimum atomic E-state index is -4.55. The number of hydrogen-bond acceptors (Lipinski definition) is 2. The molecule has 2 nitrogen and oxygen atoms in total. The van der Waals surface area contributed by atoms with Crippen LogP contribution in [0.3, 0.4) is 0 Å². The van der Waals surface area contributed by atoms with Gasteiger partial charge >= 0.3 is 6.18 Å². The SMILES string of the molecule is COc1ccc(C(F)(F)F)nc1-c1cc(Cl)ccc1Cl. The van der Waals surface area contributed by atoms with E-state index in [1.165, 1.54) is 31.4 Å². The number of halogens is 5. The van der Waals surface area contributed by atoms with Crippen molar-refractivity contribution >= 4 is 23.2 Å². The van der Waals surface area contributed by atoms with E-state index in [9.17, 15) is 13.2 Å². The maximum Gasteiger partial charge on any atom is 0.433 e. The van der Waals surface area contributed by atoms with Gasteiger partial charge in [-0.1, -0.05) is 23.2 Å². The molecule has 0 radical (unpaired) electrons. The van der Waals surface area contributed by atoms with Crippen LogP contribution in [0.25, 0.3) is 11.3 Å². The summed E-state index contributed by atoms with van der Waals surface area (Å²) < 4.78 is 43.2. The number of ether oxygens (including phenoxy) is 1. The van der Waals surface area contributed by atoms with Crippen molar-refractivity contribution in [1.29, 1.82) is 0 Å². The highest BCUT2D eigenvalue weighted by molar-refractivity contribution is 6.35. The van der Waals surface area contributed by atoms with Gasteiger partial charge in [-0.2, -0.15) is 13.2 Å². The Morgan fingerprint density at radius 2 is 1.80 bits per heavy atom. The Bertz CT molecular complexity index is 644. The van der Waals surface area contributed by atoms with Crippen LogP contribution < -0.4 is 4.74 Å². The third-order valence-corrected chi connectivity index (χ3v) is 3.12. The first-order valence-corrected chi connectivity index (χ1v) is 6.16. The molecule has 1 aromatic heterocycles. The van der Waals surface area contributed by atoms with E-state index in [2.05, 4.69) is 4.98 Å². The zero-order valence-corrected chi connectivity index (χ0v) is 11.6. The third kappa shape index (κ3) is 2.99. The summed E-state index contributed by atoms with van der Waals surface area (Å²) >= 11 is 11.8. The molecule has 7 heteroatoms. The van der Waals surface area contributed by atoms with Gasteiger partial charge in [0.25, 0.3) is 0 Å². The lowest BCUT2D eigenvalue weighted by atomic mass is 10.1. The number of nitrogens with zero attached hydrogens (tertiary/aromatic N) is 1. The molecule has 0 unspecified atom stereocenters. The standard InChI is InChI=1S/C13H8Cl2F3NO/c1-20-10-4-5-11(13(16,17)18)19-12(10)8-6-7(14)2-3-9(8)15/h2-6H,1H3. The average molecular weight is 322 g/mol. The number of aromatic nitrogens is 1. The molecule has 0 fully saturated rings. The maximum absolute atomic E-state index is 12.7. The Morgan fingerprint density at radius 1 is 1.10 bits per heavy atom. The third-order valence-electron chi connectivity index (χ3n) is 2.55. The highest BCUT2D eigenvalue weighted by Gasteiger charge is 2.33. The Balaban J connectivity index is 2.67. The van der Waals surface area contributed by atoms with Crippen LogP contribution >= 0.6 is 23.2 Å². The fraction of sp³-hybridized carbons (Fsp3) is 0.154. The summed E-state index contributed by atoms with van der Waals surface area (Å²) in [6.07, 6.45) is -4.55. The topological polar surface area (TPSA) is 22.1 Å². The number of benzene rings is 1. The lowest BCUT2D eigenvalue weighted by Gasteiger charge is -2.13. The minimum absolute atomic E-state index is 0.00479. The minimum Gasteiger partial charge on any atom is -0.494 e. The van der Waals surface area contributed by atoms with Gasteiger partial charge in [0.2, 0.25) is 0 Å². The molecule has 0 amide bonds. The molecule has 1 aromatic carbocycles. The first-order chi connectivity index (χ1) is 9.32. The lowest BCUT2D eigenvalue weighted by molar-refractivity contribution is -0.141. The fourth-order valence-corrected chi connectivity index (χ4v) is 2.02. The van der Waals surface area contributed by atoms with Crippen LogP contribution in [0, 0.1) is 0 Å². The second-order valence-electron chi connectivity index (χ2n) is 3.87. The zero-order valence-electron chi connectivity index (χ0n) is 10.1. The Morgan fingerprint density at radius 3 is 2.40 bits per heavy atom. The van der Waals surface area contributed by atoms with Gasteiger partial charge in [0, 0.05) is 10.6 Å². The first-order valence-electron chi connectivity index (χ1n) is 5.40. The highest BCUT2D eigenvalue weighted by Crippen LogP contribution is 2.37. The molecule has 0 aliphatic heterocycles. The number of hydrogen-bond donors (Lipinski definition) is 0. The van der Waals surface area contributed by atoms with Crippen molar-refractivity contribution in [1.82, 2.24) is 4.98 Å². The van der Waals surface area contributed by atoms with Crippen LogP contribution in [-0.2, 0) is 6.18 Å². The molecule has 0 spiro atoms. The second kappa shape index (κ2) is 5.50. The first kappa shape index (κ1) is 14.9. The molecule has 20 heavy (non-hydrogen) atoms. The summed E-state index contributed by atoms with van der Waals surface area (Å²) in [5.41, 5.74) is -0.749. The smallest absolute Gasteiger partial charge is 0.433 e. The van der Waals surface area contributed by atoms with Gasteiger partial charge in [-0.3, -0.25) is 0 Å². The largest absolute Gasteiger partial charge is 0.494 e. The quantitative estimate of drug-likeness (QED) is 0.769. The molecule has 106 valence electrons. The van der Waals surface area contributed by atoms with Crippen LogP contribution in [0.15, 0.2) is 30.3 Å². The molecule has 0 saturated carbocycles. The van der Waals surface area contributed by atoms with E-state index >= 15 is 0 Å². The molecule has 0 atom stereocenters. The molecular weight excluding hydrogens is 314 g/mol. The van der Waals surface area contributed by atoms with Crippen molar-refractivity contribution in [2.24, 2.45) is 0 Å². The maximum atomic E-state index is 12.7. The van der Waals surface area contributed by atoms with Crippen LogP contribution in [-0.4, -0.2) is 12.1 Å². The fourth-order valence-electron chi connectivity index (χ4n) is 1.64. The molecule has 2 rings (SSSR count). The summed E-state index contributed by atoms with van der Waals surface area (Å²) in [5, 5.41) is 0.574. The number of pyridine rings is 1. The summed E-state index contributed by atoms with van der Waals surface area (Å²) in [7, 11) is 1.34. The van der Waals surface area contributed by atoms with Crippen LogP contribution in [0.4, 0.5) is 13.2 Å². The number of methoxy groups -OCH3 is 1. The van der Waals surface area contributed by atoms with Gasteiger partial charge in [0.1, 0.15) is 17.1 Å². The van der Waals surface area contributed by atoms with Crippen molar-refractivity contribution in [2.45, 2.75) is 6.18 Å². The molecule has 0 bridgehead atoms. The van der Waals surface area contributed by atoms with Gasteiger partial charge in [-0.15, -0.1) is 0 Å². The predicted molar refractivity (Wildman–Crippen MR) is 71.2 cm³/mol. The van der Waals surface area contributed by atoms with Gasteiger partial charge in [-0.05, 0) is 30.3 Å². The summed E-state index contributed by atoms with van der Waals surface area (Å²) in [5.74, 6) is 0.183. The van der Waals surface area contributed by atoms with Crippen LogP contribution in [0.5, 0.6) is 5.75 Å². The van der Waals surface area contributed by atoms with E-state index in [1.54, 1.807) is 0 Å². The van der Waals surface area contributed by atoms with Crippen LogP contribution in [0.2, 0.25) is 10.0 Å². The molecule has 0 aliphatic rings. The van der Waals surface area contributed by atoms with E-state index in [1.807, 2.05) is 0 Å². The van der Waals surface area contributed by atoms with Crippen molar-refractivity contribution in [3.05, 3.63) is 46.1 Å². The van der Waals surface area contributed by atoms with E-state index in [0.29, 0.717) is 5.02 Å². The van der Waals surface area contributed by atoms with Crippen LogP contribution in [0.1, 0.15) is 5.69 Å². The molecule has 0 N–H and O–H groups in total.